The lowest BCUT2D eigenvalue weighted by Gasteiger charge is -2.27. The summed E-state index contributed by atoms with van der Waals surface area (Å²) in [6.45, 7) is 0. The van der Waals surface area contributed by atoms with Crippen molar-refractivity contribution < 1.29 is 8.83 Å². The van der Waals surface area contributed by atoms with E-state index in [9.17, 15) is 0 Å². The quantitative estimate of drug-likeness (QED) is 0.143. The second kappa shape index (κ2) is 15.4. The number of rotatable bonds is 8. The molecular formula is C62H40N2O2. The molecule has 0 aliphatic heterocycles. The highest BCUT2D eigenvalue weighted by Gasteiger charge is 2.20. The van der Waals surface area contributed by atoms with E-state index in [1.807, 2.05) is 24.3 Å². The Morgan fingerprint density at radius 3 is 1.15 bits per heavy atom. The maximum atomic E-state index is 6.24. The predicted molar refractivity (Wildman–Crippen MR) is 276 cm³/mol. The monoisotopic (exact) mass is 844 g/mol. The van der Waals surface area contributed by atoms with Crippen molar-refractivity contribution in [3.8, 4) is 22.3 Å². The molecule has 0 aliphatic rings. The number of furan rings is 2. The summed E-state index contributed by atoms with van der Waals surface area (Å²) in [4.78, 5) is 4.70. The van der Waals surface area contributed by atoms with Gasteiger partial charge in [0.1, 0.15) is 22.3 Å². The highest BCUT2D eigenvalue weighted by atomic mass is 16.3. The van der Waals surface area contributed by atoms with Gasteiger partial charge in [-0.2, -0.15) is 0 Å². The third kappa shape index (κ3) is 6.38. The van der Waals surface area contributed by atoms with Crippen molar-refractivity contribution >= 4 is 99.5 Å². The first-order valence-corrected chi connectivity index (χ1v) is 22.4. The molecule has 2 heterocycles. The summed E-state index contributed by atoms with van der Waals surface area (Å²) in [5, 5.41) is 9.32. The first-order chi connectivity index (χ1) is 32.7. The van der Waals surface area contributed by atoms with E-state index < -0.39 is 0 Å². The van der Waals surface area contributed by atoms with Crippen LogP contribution in [-0.4, -0.2) is 0 Å². The molecular weight excluding hydrogens is 805 g/mol. The van der Waals surface area contributed by atoms with Gasteiger partial charge in [0.2, 0.25) is 0 Å². The second-order valence-electron chi connectivity index (χ2n) is 16.9. The maximum absolute atomic E-state index is 6.24. The Kier molecular flexibility index (Phi) is 8.81. The molecule has 310 valence electrons. The van der Waals surface area contributed by atoms with Crippen molar-refractivity contribution in [3.63, 3.8) is 0 Å². The molecule has 66 heavy (non-hydrogen) atoms. The molecule has 4 nitrogen and oxygen atoms in total. The van der Waals surface area contributed by atoms with Gasteiger partial charge in [0.25, 0.3) is 0 Å². The van der Waals surface area contributed by atoms with Gasteiger partial charge in [-0.3, -0.25) is 0 Å². The zero-order valence-electron chi connectivity index (χ0n) is 35.8. The van der Waals surface area contributed by atoms with Crippen molar-refractivity contribution in [3.05, 3.63) is 243 Å². The first-order valence-electron chi connectivity index (χ1n) is 22.4. The summed E-state index contributed by atoms with van der Waals surface area (Å²) in [5.74, 6) is 0. The van der Waals surface area contributed by atoms with Crippen LogP contribution in [0, 0.1) is 0 Å². The average molecular weight is 845 g/mol. The lowest BCUT2D eigenvalue weighted by molar-refractivity contribution is 0.668. The van der Waals surface area contributed by atoms with E-state index in [1.165, 1.54) is 27.1 Å². The fourth-order valence-corrected chi connectivity index (χ4v) is 9.84. The summed E-state index contributed by atoms with van der Waals surface area (Å²) in [7, 11) is 0. The Bertz CT molecular complexity index is 3810. The van der Waals surface area contributed by atoms with Crippen LogP contribution in [0.4, 0.5) is 34.1 Å². The molecule has 0 fully saturated rings. The first kappa shape index (κ1) is 37.7. The molecule has 0 spiro atoms. The molecule has 0 unspecified atom stereocenters. The smallest absolute Gasteiger partial charge is 0.135 e. The maximum Gasteiger partial charge on any atom is 0.135 e. The minimum absolute atomic E-state index is 0.870. The second-order valence-corrected chi connectivity index (χ2v) is 16.9. The van der Waals surface area contributed by atoms with Crippen LogP contribution in [0.3, 0.4) is 0 Å². The van der Waals surface area contributed by atoms with Crippen molar-refractivity contribution in [2.45, 2.75) is 0 Å². The van der Waals surface area contributed by atoms with Gasteiger partial charge in [0.15, 0.2) is 0 Å². The van der Waals surface area contributed by atoms with Crippen LogP contribution in [0.2, 0.25) is 0 Å². The summed E-state index contributed by atoms with van der Waals surface area (Å²) >= 11 is 0. The van der Waals surface area contributed by atoms with Crippen LogP contribution >= 0.6 is 0 Å². The number of fused-ring (bicyclic) bond motifs is 9. The van der Waals surface area contributed by atoms with Gasteiger partial charge in [0.05, 0.1) is 5.69 Å². The van der Waals surface area contributed by atoms with E-state index in [0.29, 0.717) is 0 Å². The molecule has 0 aliphatic carbocycles. The van der Waals surface area contributed by atoms with E-state index in [0.717, 1.165) is 94.7 Å². The van der Waals surface area contributed by atoms with Crippen LogP contribution in [-0.2, 0) is 0 Å². The van der Waals surface area contributed by atoms with E-state index in [2.05, 4.69) is 228 Å². The van der Waals surface area contributed by atoms with Crippen molar-refractivity contribution in [1.29, 1.82) is 0 Å². The average Bonchev–Trinajstić information content (AvgIpc) is 3.95. The summed E-state index contributed by atoms with van der Waals surface area (Å²) in [6.07, 6.45) is 0. The van der Waals surface area contributed by atoms with E-state index >= 15 is 0 Å². The Hall–Kier alpha value is -8.86. The van der Waals surface area contributed by atoms with Gasteiger partial charge in [0, 0.05) is 55.4 Å². The summed E-state index contributed by atoms with van der Waals surface area (Å²) in [5.41, 5.74) is 14.7. The molecule has 0 radical (unpaired) electrons. The number of hydrogen-bond donors (Lipinski definition) is 0. The molecule has 0 saturated heterocycles. The number of hydrogen-bond acceptors (Lipinski definition) is 4. The third-order valence-electron chi connectivity index (χ3n) is 13.0. The number of anilines is 6. The van der Waals surface area contributed by atoms with Crippen LogP contribution in [0.5, 0.6) is 0 Å². The van der Waals surface area contributed by atoms with Gasteiger partial charge in [-0.1, -0.05) is 152 Å². The Morgan fingerprint density at radius 2 is 0.606 bits per heavy atom. The number of benzene rings is 11. The van der Waals surface area contributed by atoms with Crippen LogP contribution in [0.25, 0.3) is 87.7 Å². The fraction of sp³-hybridized carbons (Fsp3) is 0. The number of para-hydroxylation sites is 3. The van der Waals surface area contributed by atoms with Crippen LogP contribution < -0.4 is 9.80 Å². The van der Waals surface area contributed by atoms with Crippen molar-refractivity contribution in [2.75, 3.05) is 9.80 Å². The van der Waals surface area contributed by atoms with Crippen molar-refractivity contribution in [2.24, 2.45) is 0 Å². The standard InChI is InChI=1S/C62H40N2O2/c1-2-13-46(14-3-1)64(58-38-45-12-4-5-15-51(45)52-16-6-7-17-53(52)58)48-32-28-44(29-33-48)42-24-22-41(23-25-42)43-26-30-47(31-27-43)63(49-34-36-61-56(39-49)54-18-8-10-20-59(54)65-61)50-35-37-62-57(40-50)55-19-9-11-21-60(55)66-62/h1-40H. The highest BCUT2D eigenvalue weighted by Crippen LogP contribution is 2.44. The number of nitrogens with zero attached hydrogens (tertiary/aromatic N) is 2. The van der Waals surface area contributed by atoms with Crippen molar-refractivity contribution in [1.82, 2.24) is 0 Å². The zero-order chi connectivity index (χ0) is 43.6. The van der Waals surface area contributed by atoms with E-state index in [-0.39, 0.29) is 0 Å². The molecule has 11 aromatic carbocycles. The lowest BCUT2D eigenvalue weighted by atomic mass is 9.98. The minimum atomic E-state index is 0.870. The van der Waals surface area contributed by atoms with Gasteiger partial charge in [-0.25, -0.2) is 0 Å². The summed E-state index contributed by atoms with van der Waals surface area (Å²) in [6, 6.07) is 86.5. The van der Waals surface area contributed by atoms with E-state index in [1.54, 1.807) is 0 Å². The Balaban J connectivity index is 0.830. The van der Waals surface area contributed by atoms with E-state index in [4.69, 9.17) is 8.83 Å². The summed E-state index contributed by atoms with van der Waals surface area (Å²) < 4.78 is 12.5. The molecule has 4 heteroatoms. The van der Waals surface area contributed by atoms with Gasteiger partial charge < -0.3 is 18.6 Å². The van der Waals surface area contributed by atoms with Crippen LogP contribution in [0.15, 0.2) is 251 Å². The van der Waals surface area contributed by atoms with Gasteiger partial charge in [-0.15, -0.1) is 0 Å². The molecule has 0 N–H and O–H groups in total. The minimum Gasteiger partial charge on any atom is -0.456 e. The molecule has 2 aromatic heterocycles. The predicted octanol–water partition coefficient (Wildman–Crippen LogP) is 18.1. The Labute approximate surface area is 381 Å². The van der Waals surface area contributed by atoms with Gasteiger partial charge in [-0.05, 0) is 129 Å². The SMILES string of the molecule is c1ccc(N(c2ccc(-c3ccc(-c4ccc(N(c5ccc6oc7ccccc7c6c5)c5ccc6oc7ccccc7c6c5)cc4)cc3)cc2)c2cc3ccccc3c3ccccc23)cc1. The normalized spacial score (nSPS) is 11.6. The largest absolute Gasteiger partial charge is 0.456 e. The lowest BCUT2D eigenvalue weighted by Crippen LogP contribution is -2.10. The molecule has 0 bridgehead atoms. The fourth-order valence-electron chi connectivity index (χ4n) is 9.84. The topological polar surface area (TPSA) is 32.8 Å². The molecule has 13 rings (SSSR count). The Morgan fingerprint density at radius 1 is 0.227 bits per heavy atom. The zero-order valence-corrected chi connectivity index (χ0v) is 35.8. The molecule has 0 saturated carbocycles. The van der Waals surface area contributed by atoms with Gasteiger partial charge >= 0.3 is 0 Å². The molecule has 0 amide bonds. The molecule has 0 atom stereocenters. The third-order valence-corrected chi connectivity index (χ3v) is 13.0. The molecule has 13 aromatic rings. The highest BCUT2D eigenvalue weighted by molar-refractivity contribution is 6.15. The van der Waals surface area contributed by atoms with Crippen LogP contribution in [0.1, 0.15) is 0 Å².